The number of hydrogen-bond donors (Lipinski definition) is 1. The van der Waals surface area contributed by atoms with Crippen LogP contribution in [0, 0.1) is 10.1 Å². The van der Waals surface area contributed by atoms with Gasteiger partial charge in [0.05, 0.1) is 10.7 Å². The van der Waals surface area contributed by atoms with E-state index in [2.05, 4.69) is 22.4 Å². The van der Waals surface area contributed by atoms with E-state index in [-0.39, 0.29) is 17.3 Å². The molecule has 10 heteroatoms. The minimum atomic E-state index is -0.496. The summed E-state index contributed by atoms with van der Waals surface area (Å²) >= 11 is 7.30. The predicted molar refractivity (Wildman–Crippen MR) is 127 cm³/mol. The van der Waals surface area contributed by atoms with Crippen LogP contribution in [0.25, 0.3) is 11.4 Å². The van der Waals surface area contributed by atoms with E-state index in [1.807, 2.05) is 28.8 Å². The Morgan fingerprint density at radius 1 is 1.16 bits per heavy atom. The summed E-state index contributed by atoms with van der Waals surface area (Å²) in [5, 5.41) is 23.6. The molecule has 2 aromatic carbocycles. The number of carbonyl (C=O) groups excluding carboxylic acids is 1. The number of rotatable bonds is 11. The zero-order valence-electron chi connectivity index (χ0n) is 17.7. The van der Waals surface area contributed by atoms with Crippen molar-refractivity contribution in [3.8, 4) is 11.4 Å². The zero-order valence-corrected chi connectivity index (χ0v) is 19.2. The number of halogens is 1. The quantitative estimate of drug-likeness (QED) is 0.163. The first kappa shape index (κ1) is 23.7. The second kappa shape index (κ2) is 11.6. The van der Waals surface area contributed by atoms with Crippen LogP contribution in [0.5, 0.6) is 0 Å². The van der Waals surface area contributed by atoms with Gasteiger partial charge in [0.2, 0.25) is 5.91 Å². The Morgan fingerprint density at radius 2 is 1.94 bits per heavy atom. The number of benzene rings is 2. The van der Waals surface area contributed by atoms with Crippen molar-refractivity contribution in [1.82, 2.24) is 14.8 Å². The Kier molecular flexibility index (Phi) is 8.64. The van der Waals surface area contributed by atoms with Gasteiger partial charge in [-0.3, -0.25) is 14.9 Å². The van der Waals surface area contributed by atoms with Crippen LogP contribution in [0.15, 0.2) is 53.7 Å². The Morgan fingerprint density at radius 3 is 2.66 bits per heavy atom. The fourth-order valence-corrected chi connectivity index (χ4v) is 4.02. The summed E-state index contributed by atoms with van der Waals surface area (Å²) in [6, 6.07) is 13.3. The van der Waals surface area contributed by atoms with E-state index in [4.69, 9.17) is 11.6 Å². The number of nitro groups is 1. The predicted octanol–water partition coefficient (Wildman–Crippen LogP) is 5.82. The van der Waals surface area contributed by atoms with Gasteiger partial charge in [-0.05, 0) is 36.8 Å². The summed E-state index contributed by atoms with van der Waals surface area (Å²) in [5.41, 5.74) is 1.22. The van der Waals surface area contributed by atoms with E-state index in [1.54, 1.807) is 6.07 Å². The summed E-state index contributed by atoms with van der Waals surface area (Å²) in [7, 11) is 0. The normalized spacial score (nSPS) is 10.8. The number of carbonyl (C=O) groups is 1. The highest BCUT2D eigenvalue weighted by Crippen LogP contribution is 2.26. The second-order valence-electron chi connectivity index (χ2n) is 7.17. The molecule has 0 saturated heterocycles. The highest BCUT2D eigenvalue weighted by atomic mass is 35.5. The van der Waals surface area contributed by atoms with Crippen LogP contribution in [0.4, 0.5) is 11.4 Å². The molecule has 1 aromatic heterocycles. The Hall–Kier alpha value is -2.91. The van der Waals surface area contributed by atoms with E-state index < -0.39 is 4.92 Å². The number of hydrogen-bond acceptors (Lipinski definition) is 6. The molecule has 1 amide bonds. The molecule has 32 heavy (non-hydrogen) atoms. The van der Waals surface area contributed by atoms with E-state index in [1.165, 1.54) is 30.0 Å². The van der Waals surface area contributed by atoms with Crippen molar-refractivity contribution in [3.05, 3.63) is 63.7 Å². The molecule has 1 heterocycles. The number of unbranched alkanes of at least 4 members (excludes halogenated alkanes) is 3. The SMILES string of the molecule is CCCCCCn1c(SCC(=O)Nc2cccc([N+](=O)[O-])c2)nnc1-c1ccc(Cl)cc1. The molecule has 3 aromatic rings. The van der Waals surface area contributed by atoms with Gasteiger partial charge in [0.15, 0.2) is 11.0 Å². The van der Waals surface area contributed by atoms with Crippen molar-refractivity contribution in [3.63, 3.8) is 0 Å². The van der Waals surface area contributed by atoms with Crippen molar-refractivity contribution in [1.29, 1.82) is 0 Å². The molecule has 0 aliphatic carbocycles. The summed E-state index contributed by atoms with van der Waals surface area (Å²) < 4.78 is 2.03. The lowest BCUT2D eigenvalue weighted by molar-refractivity contribution is -0.384. The van der Waals surface area contributed by atoms with Crippen molar-refractivity contribution in [2.45, 2.75) is 44.3 Å². The van der Waals surface area contributed by atoms with E-state index in [0.717, 1.165) is 43.6 Å². The van der Waals surface area contributed by atoms with Crippen LogP contribution in [-0.4, -0.2) is 31.3 Å². The molecule has 0 saturated carbocycles. The van der Waals surface area contributed by atoms with Gasteiger partial charge in [-0.25, -0.2) is 0 Å². The lowest BCUT2D eigenvalue weighted by Crippen LogP contribution is -2.15. The molecule has 8 nitrogen and oxygen atoms in total. The number of amides is 1. The molecule has 1 N–H and O–H groups in total. The number of nitrogens with zero attached hydrogens (tertiary/aromatic N) is 4. The van der Waals surface area contributed by atoms with Crippen LogP contribution in [0.1, 0.15) is 32.6 Å². The van der Waals surface area contributed by atoms with Gasteiger partial charge in [0, 0.05) is 35.0 Å². The average Bonchev–Trinajstić information content (AvgIpc) is 3.18. The van der Waals surface area contributed by atoms with E-state index in [9.17, 15) is 14.9 Å². The molecule has 0 aliphatic heterocycles. The summed E-state index contributed by atoms with van der Waals surface area (Å²) in [5.74, 6) is 0.569. The molecule has 0 spiro atoms. The van der Waals surface area contributed by atoms with Gasteiger partial charge in [-0.1, -0.05) is 55.6 Å². The van der Waals surface area contributed by atoms with Crippen LogP contribution in [-0.2, 0) is 11.3 Å². The molecular weight excluding hydrogens is 450 g/mol. The number of non-ortho nitro benzene ring substituents is 1. The third-order valence-electron chi connectivity index (χ3n) is 4.73. The molecule has 168 valence electrons. The lowest BCUT2D eigenvalue weighted by atomic mass is 10.2. The van der Waals surface area contributed by atoms with E-state index in [0.29, 0.717) is 15.9 Å². The summed E-state index contributed by atoms with van der Waals surface area (Å²) in [6.45, 7) is 2.92. The highest BCUT2D eigenvalue weighted by molar-refractivity contribution is 7.99. The van der Waals surface area contributed by atoms with Gasteiger partial charge >= 0.3 is 0 Å². The van der Waals surface area contributed by atoms with Gasteiger partial charge in [0.1, 0.15) is 0 Å². The molecule has 0 atom stereocenters. The third-order valence-corrected chi connectivity index (χ3v) is 5.95. The Bertz CT molecular complexity index is 1070. The smallest absolute Gasteiger partial charge is 0.271 e. The van der Waals surface area contributed by atoms with Gasteiger partial charge in [-0.15, -0.1) is 10.2 Å². The van der Waals surface area contributed by atoms with Crippen molar-refractivity contribution in [2.24, 2.45) is 0 Å². The largest absolute Gasteiger partial charge is 0.325 e. The topological polar surface area (TPSA) is 103 Å². The van der Waals surface area contributed by atoms with Gasteiger partial charge in [0.25, 0.3) is 5.69 Å². The van der Waals surface area contributed by atoms with Crippen molar-refractivity contribution in [2.75, 3.05) is 11.1 Å². The third kappa shape index (κ3) is 6.54. The number of aromatic nitrogens is 3. The number of nitrogens with one attached hydrogen (secondary N) is 1. The van der Waals surface area contributed by atoms with Gasteiger partial charge < -0.3 is 9.88 Å². The maximum Gasteiger partial charge on any atom is 0.271 e. The maximum atomic E-state index is 12.4. The van der Waals surface area contributed by atoms with Gasteiger partial charge in [-0.2, -0.15) is 0 Å². The number of thioether (sulfide) groups is 1. The summed E-state index contributed by atoms with van der Waals surface area (Å²) in [6.07, 6.45) is 4.39. The zero-order chi connectivity index (χ0) is 22.9. The molecule has 0 bridgehead atoms. The number of anilines is 1. The minimum Gasteiger partial charge on any atom is -0.325 e. The molecule has 3 rings (SSSR count). The number of nitro benzene ring substituents is 1. The van der Waals surface area contributed by atoms with E-state index >= 15 is 0 Å². The summed E-state index contributed by atoms with van der Waals surface area (Å²) in [4.78, 5) is 22.8. The molecular formula is C22H24ClN5O3S. The van der Waals surface area contributed by atoms with Crippen LogP contribution >= 0.6 is 23.4 Å². The van der Waals surface area contributed by atoms with Crippen LogP contribution in [0.2, 0.25) is 5.02 Å². The first-order valence-corrected chi connectivity index (χ1v) is 11.7. The van der Waals surface area contributed by atoms with Crippen molar-refractivity contribution < 1.29 is 9.72 Å². The molecule has 0 fully saturated rings. The molecule has 0 unspecified atom stereocenters. The maximum absolute atomic E-state index is 12.4. The minimum absolute atomic E-state index is 0.0742. The first-order chi connectivity index (χ1) is 15.5. The highest BCUT2D eigenvalue weighted by Gasteiger charge is 2.16. The Balaban J connectivity index is 1.70. The Labute approximate surface area is 195 Å². The van der Waals surface area contributed by atoms with Crippen molar-refractivity contribution >= 4 is 40.6 Å². The first-order valence-electron chi connectivity index (χ1n) is 10.3. The fraction of sp³-hybridized carbons (Fsp3) is 0.318. The standard InChI is InChI=1S/C22H24ClN5O3S/c1-2-3-4-5-13-27-21(16-9-11-17(23)12-10-16)25-26-22(27)32-15-20(29)24-18-7-6-8-19(14-18)28(30)31/h6-12,14H,2-5,13,15H2,1H3,(H,24,29). The monoisotopic (exact) mass is 473 g/mol. The van der Waals surface area contributed by atoms with Crippen LogP contribution < -0.4 is 5.32 Å². The fourth-order valence-electron chi connectivity index (χ4n) is 3.13. The second-order valence-corrected chi connectivity index (χ2v) is 8.55. The molecule has 0 radical (unpaired) electrons. The molecule has 0 aliphatic rings. The lowest BCUT2D eigenvalue weighted by Gasteiger charge is -2.10. The average molecular weight is 474 g/mol. The van der Waals surface area contributed by atoms with Crippen LogP contribution in [0.3, 0.4) is 0 Å².